The molecule has 2 aromatic heterocycles. The van der Waals surface area contributed by atoms with E-state index in [9.17, 15) is 14.4 Å². The van der Waals surface area contributed by atoms with Gasteiger partial charge in [-0.1, -0.05) is 18.2 Å². The Balaban J connectivity index is 0.970. The number of hydrogen-bond acceptors (Lipinski definition) is 6. The van der Waals surface area contributed by atoms with Gasteiger partial charge in [0.25, 0.3) is 17.7 Å². The van der Waals surface area contributed by atoms with E-state index < -0.39 is 5.82 Å². The van der Waals surface area contributed by atoms with Crippen molar-refractivity contribution in [3.63, 3.8) is 0 Å². The first-order valence-electron chi connectivity index (χ1n) is 17.9. The Morgan fingerprint density at radius 3 is 2.37 bits per heavy atom. The van der Waals surface area contributed by atoms with E-state index in [1.807, 2.05) is 41.9 Å². The molecule has 12 heteroatoms. The van der Waals surface area contributed by atoms with Gasteiger partial charge in [-0.25, -0.2) is 4.39 Å². The number of aromatic nitrogens is 3. The van der Waals surface area contributed by atoms with E-state index in [2.05, 4.69) is 43.2 Å². The van der Waals surface area contributed by atoms with Gasteiger partial charge in [-0.2, -0.15) is 5.10 Å². The summed E-state index contributed by atoms with van der Waals surface area (Å²) in [6.45, 7) is 6.12. The van der Waals surface area contributed by atoms with E-state index in [4.69, 9.17) is 0 Å². The van der Waals surface area contributed by atoms with Crippen LogP contribution in [0.25, 0.3) is 0 Å². The highest BCUT2D eigenvalue weighted by atomic mass is 19.1. The minimum atomic E-state index is -0.507. The maximum atomic E-state index is 15.2. The van der Waals surface area contributed by atoms with E-state index in [-0.39, 0.29) is 35.8 Å². The number of benzene rings is 2. The number of nitrogens with zero attached hydrogens (tertiary/aromatic N) is 6. The molecule has 2 aromatic carbocycles. The van der Waals surface area contributed by atoms with Crippen LogP contribution in [0.4, 0.5) is 10.1 Å². The Bertz CT molecular complexity index is 1940. The maximum absolute atomic E-state index is 15.2. The molecule has 3 aliphatic rings. The van der Waals surface area contributed by atoms with Gasteiger partial charge < -0.3 is 25.0 Å². The number of carbonyl (C=O) groups is 3. The Kier molecular flexibility index (Phi) is 9.56. The van der Waals surface area contributed by atoms with E-state index >= 15 is 4.39 Å². The number of rotatable bonds is 9. The molecule has 3 amide bonds. The van der Waals surface area contributed by atoms with Gasteiger partial charge in [0.15, 0.2) is 0 Å². The molecule has 1 aliphatic carbocycles. The van der Waals surface area contributed by atoms with Crippen molar-refractivity contribution in [1.82, 2.24) is 34.4 Å². The predicted molar refractivity (Wildman–Crippen MR) is 193 cm³/mol. The van der Waals surface area contributed by atoms with Crippen LogP contribution in [-0.4, -0.2) is 87.5 Å². The molecule has 0 bridgehead atoms. The quantitative estimate of drug-likeness (QED) is 0.250. The molecule has 1 spiro atoms. The van der Waals surface area contributed by atoms with Gasteiger partial charge in [-0.3, -0.25) is 24.0 Å². The molecule has 4 aromatic rings. The molecule has 0 unspecified atom stereocenters. The zero-order chi connectivity index (χ0) is 35.9. The highest BCUT2D eigenvalue weighted by Crippen LogP contribution is 2.49. The van der Waals surface area contributed by atoms with E-state index in [0.717, 1.165) is 75.2 Å². The third-order valence-electron chi connectivity index (χ3n) is 11.1. The summed E-state index contributed by atoms with van der Waals surface area (Å²) in [5, 5.41) is 10.2. The summed E-state index contributed by atoms with van der Waals surface area (Å²) >= 11 is 0. The number of piperidine rings is 1. The van der Waals surface area contributed by atoms with Crippen molar-refractivity contribution >= 4 is 23.4 Å². The van der Waals surface area contributed by atoms with Gasteiger partial charge in [0.2, 0.25) is 0 Å². The molecule has 2 aliphatic heterocycles. The molecule has 11 nitrogen and oxygen atoms in total. The second-order valence-electron chi connectivity index (χ2n) is 14.5. The summed E-state index contributed by atoms with van der Waals surface area (Å²) in [5.41, 5.74) is 5.35. The zero-order valence-corrected chi connectivity index (χ0v) is 29.9. The highest BCUT2D eigenvalue weighted by Gasteiger charge is 2.48. The predicted octanol–water partition coefficient (Wildman–Crippen LogP) is 5.18. The topological polar surface area (TPSA) is 108 Å². The zero-order valence-electron chi connectivity index (χ0n) is 29.9. The standard InChI is InChI=1S/C39H47FN8O3/c1-26-32(24-42-48(26)31-14-18-45(4)19-15-31)36(49)43-30-11-10-29(33(40)22-30)23-41-37(50)34-12-13-35-39(16-5-17-39)46(20-21-47(34)35)25-27-6-8-28(9-7-27)38(51)44(2)3/h6-13,22,24,31H,5,14-21,23,25H2,1-4H3,(H,41,50)(H,43,49). The number of likely N-dealkylation sites (tertiary alicyclic amines) is 1. The van der Waals surface area contributed by atoms with E-state index in [1.165, 1.54) is 6.07 Å². The summed E-state index contributed by atoms with van der Waals surface area (Å²) in [6, 6.07) is 16.6. The molecule has 2 N–H and O–H groups in total. The lowest BCUT2D eigenvalue weighted by Gasteiger charge is -2.53. The average Bonchev–Trinajstić information content (AvgIpc) is 3.71. The summed E-state index contributed by atoms with van der Waals surface area (Å²) in [6.07, 6.45) is 6.70. The van der Waals surface area contributed by atoms with Crippen LogP contribution in [0.3, 0.4) is 0 Å². The summed E-state index contributed by atoms with van der Waals surface area (Å²) in [4.78, 5) is 45.3. The van der Waals surface area contributed by atoms with Crippen molar-refractivity contribution < 1.29 is 18.8 Å². The molecule has 51 heavy (non-hydrogen) atoms. The first kappa shape index (κ1) is 34.6. The van der Waals surface area contributed by atoms with Crippen LogP contribution in [0.15, 0.2) is 60.8 Å². The monoisotopic (exact) mass is 694 g/mol. The summed E-state index contributed by atoms with van der Waals surface area (Å²) in [7, 11) is 5.61. The molecular formula is C39H47FN8O3. The van der Waals surface area contributed by atoms with E-state index in [0.29, 0.717) is 34.6 Å². The highest BCUT2D eigenvalue weighted by molar-refractivity contribution is 6.05. The van der Waals surface area contributed by atoms with Crippen molar-refractivity contribution in [1.29, 1.82) is 0 Å². The Hall–Kier alpha value is -4.81. The second-order valence-corrected chi connectivity index (χ2v) is 14.5. The number of nitrogens with one attached hydrogen (secondary N) is 2. The number of hydrogen-bond donors (Lipinski definition) is 2. The lowest BCUT2D eigenvalue weighted by molar-refractivity contribution is -0.0217. The van der Waals surface area contributed by atoms with Crippen LogP contribution < -0.4 is 10.6 Å². The fraction of sp³-hybridized carbons (Fsp3) is 0.436. The molecule has 268 valence electrons. The van der Waals surface area contributed by atoms with Crippen LogP contribution in [0, 0.1) is 12.7 Å². The number of anilines is 1. The first-order chi connectivity index (χ1) is 24.5. The largest absolute Gasteiger partial charge is 0.347 e. The minimum Gasteiger partial charge on any atom is -0.347 e. The minimum absolute atomic E-state index is 0.0138. The molecule has 2 fully saturated rings. The number of halogens is 1. The molecule has 1 saturated carbocycles. The lowest BCUT2D eigenvalue weighted by atomic mass is 9.71. The van der Waals surface area contributed by atoms with Crippen LogP contribution in [-0.2, 0) is 25.2 Å². The third-order valence-corrected chi connectivity index (χ3v) is 11.1. The number of amides is 3. The van der Waals surface area contributed by atoms with Gasteiger partial charge in [-0.15, -0.1) is 0 Å². The molecule has 7 rings (SSSR count). The Labute approximate surface area is 298 Å². The smallest absolute Gasteiger partial charge is 0.268 e. The first-order valence-corrected chi connectivity index (χ1v) is 17.9. The SMILES string of the molecule is Cc1c(C(=O)Nc2ccc(CNC(=O)c3ccc4n3CCN(Cc3ccc(C(=O)N(C)C)cc3)C43CCC3)c(F)c2)cnn1C1CCN(C)CC1. The molecule has 4 heterocycles. The van der Waals surface area contributed by atoms with Gasteiger partial charge in [0.05, 0.1) is 23.3 Å². The summed E-state index contributed by atoms with van der Waals surface area (Å²) in [5.74, 6) is -1.10. The molecule has 0 radical (unpaired) electrons. The average molecular weight is 695 g/mol. The van der Waals surface area contributed by atoms with Crippen molar-refractivity contribution in [3.05, 3.63) is 106 Å². The van der Waals surface area contributed by atoms with Crippen molar-refractivity contribution in [3.8, 4) is 0 Å². The van der Waals surface area contributed by atoms with Gasteiger partial charge in [0, 0.05) is 68.5 Å². The Morgan fingerprint density at radius 2 is 1.71 bits per heavy atom. The van der Waals surface area contributed by atoms with Crippen LogP contribution in [0.2, 0.25) is 0 Å². The fourth-order valence-corrected chi connectivity index (χ4v) is 7.94. The lowest BCUT2D eigenvalue weighted by Crippen LogP contribution is -2.56. The molecular weight excluding hydrogens is 647 g/mol. The van der Waals surface area contributed by atoms with Crippen molar-refractivity contribution in [2.24, 2.45) is 0 Å². The third kappa shape index (κ3) is 6.70. The van der Waals surface area contributed by atoms with Crippen molar-refractivity contribution in [2.75, 3.05) is 46.1 Å². The van der Waals surface area contributed by atoms with E-state index in [1.54, 1.807) is 37.3 Å². The molecule has 1 saturated heterocycles. The number of carbonyl (C=O) groups excluding carboxylic acids is 3. The number of fused-ring (bicyclic) bond motifs is 2. The van der Waals surface area contributed by atoms with Gasteiger partial charge >= 0.3 is 0 Å². The maximum Gasteiger partial charge on any atom is 0.268 e. The Morgan fingerprint density at radius 1 is 0.961 bits per heavy atom. The van der Waals surface area contributed by atoms with Gasteiger partial charge in [0.1, 0.15) is 11.5 Å². The second kappa shape index (κ2) is 14.1. The fourth-order valence-electron chi connectivity index (χ4n) is 7.94. The molecule has 0 atom stereocenters. The van der Waals surface area contributed by atoms with Crippen LogP contribution in [0.5, 0.6) is 0 Å². The van der Waals surface area contributed by atoms with Crippen LogP contribution in [0.1, 0.15) is 91.9 Å². The van der Waals surface area contributed by atoms with Crippen LogP contribution >= 0.6 is 0 Å². The summed E-state index contributed by atoms with van der Waals surface area (Å²) < 4.78 is 19.3. The van der Waals surface area contributed by atoms with Crippen molar-refractivity contribution in [2.45, 2.75) is 70.2 Å². The van der Waals surface area contributed by atoms with Gasteiger partial charge in [-0.05, 0) is 101 Å². The normalized spacial score (nSPS) is 17.5.